The van der Waals surface area contributed by atoms with E-state index in [1.807, 2.05) is 31.2 Å². The lowest BCUT2D eigenvalue weighted by molar-refractivity contribution is 0.0997. The Kier molecular flexibility index (Phi) is 4.01. The van der Waals surface area contributed by atoms with Crippen molar-refractivity contribution in [1.82, 2.24) is 19.5 Å². The summed E-state index contributed by atoms with van der Waals surface area (Å²) >= 11 is 5.94. The van der Waals surface area contributed by atoms with Crippen LogP contribution in [0.2, 0.25) is 5.02 Å². The van der Waals surface area contributed by atoms with E-state index in [1.54, 1.807) is 24.3 Å². The number of rotatable bonds is 3. The zero-order valence-electron chi connectivity index (χ0n) is 14.2. The summed E-state index contributed by atoms with van der Waals surface area (Å²) in [4.78, 5) is 36.0. The van der Waals surface area contributed by atoms with Gasteiger partial charge >= 0.3 is 5.69 Å². The summed E-state index contributed by atoms with van der Waals surface area (Å²) in [5, 5.41) is 0.541. The Morgan fingerprint density at radius 3 is 2.48 bits per heavy atom. The first-order chi connectivity index (χ1) is 13.0. The van der Waals surface area contributed by atoms with Gasteiger partial charge in [-0.15, -0.1) is 0 Å². The number of nitrogens with one attached hydrogen (secondary N) is 1. The Hall–Kier alpha value is -3.45. The second-order valence-electron chi connectivity index (χ2n) is 6.02. The first-order valence-corrected chi connectivity index (χ1v) is 8.48. The standard InChI is InChI=1S/C19H14ClN5O2/c1-10-4-2-3-5-13(10)17-22-14(16(21)26)15-18(24-17)25(19(27)23-15)12-8-6-11(20)7-9-12/h2-9H,1H3,(H2,21,26)(H,23,27). The number of H-pyrrole nitrogens is 1. The van der Waals surface area contributed by atoms with Gasteiger partial charge in [-0.3, -0.25) is 4.79 Å². The molecule has 0 aliphatic rings. The summed E-state index contributed by atoms with van der Waals surface area (Å²) in [5.41, 5.74) is 7.71. The average Bonchev–Trinajstić information content (AvgIpc) is 2.97. The number of imidazole rings is 1. The summed E-state index contributed by atoms with van der Waals surface area (Å²) in [6.45, 7) is 1.91. The number of nitrogens with zero attached hydrogens (tertiary/aromatic N) is 3. The molecule has 3 N–H and O–H groups in total. The summed E-state index contributed by atoms with van der Waals surface area (Å²) in [7, 11) is 0. The van der Waals surface area contributed by atoms with Crippen LogP contribution in [0.5, 0.6) is 0 Å². The number of aromatic nitrogens is 4. The normalized spacial score (nSPS) is 11.0. The number of hydrogen-bond donors (Lipinski definition) is 2. The molecular formula is C19H14ClN5O2. The topological polar surface area (TPSA) is 107 Å². The van der Waals surface area contributed by atoms with Crippen molar-refractivity contribution in [3.8, 4) is 17.1 Å². The number of primary amides is 1. The molecular weight excluding hydrogens is 366 g/mol. The van der Waals surface area contributed by atoms with Crippen molar-refractivity contribution in [2.45, 2.75) is 6.92 Å². The molecule has 8 heteroatoms. The van der Waals surface area contributed by atoms with Crippen LogP contribution < -0.4 is 11.4 Å². The minimum Gasteiger partial charge on any atom is -0.364 e. The van der Waals surface area contributed by atoms with Gasteiger partial charge in [0.25, 0.3) is 5.91 Å². The van der Waals surface area contributed by atoms with E-state index >= 15 is 0 Å². The van der Waals surface area contributed by atoms with Crippen LogP contribution in [0.25, 0.3) is 28.2 Å². The van der Waals surface area contributed by atoms with Crippen LogP contribution in [0.1, 0.15) is 16.1 Å². The zero-order valence-corrected chi connectivity index (χ0v) is 15.0. The van der Waals surface area contributed by atoms with Crippen molar-refractivity contribution in [2.24, 2.45) is 5.73 Å². The lowest BCUT2D eigenvalue weighted by Gasteiger charge is -2.08. The van der Waals surface area contributed by atoms with E-state index in [1.165, 1.54) is 4.57 Å². The molecule has 0 radical (unpaired) electrons. The number of hydrogen-bond acceptors (Lipinski definition) is 4. The summed E-state index contributed by atoms with van der Waals surface area (Å²) in [5.74, 6) is -0.433. The van der Waals surface area contributed by atoms with Crippen molar-refractivity contribution < 1.29 is 4.79 Å². The zero-order chi connectivity index (χ0) is 19.1. The minimum absolute atomic E-state index is 0.0388. The number of amides is 1. The molecule has 0 fully saturated rings. The molecule has 0 spiro atoms. The van der Waals surface area contributed by atoms with Crippen LogP contribution in [-0.4, -0.2) is 25.4 Å². The van der Waals surface area contributed by atoms with Gasteiger partial charge in [-0.25, -0.2) is 19.3 Å². The Bertz CT molecular complexity index is 1240. The molecule has 0 atom stereocenters. The highest BCUT2D eigenvalue weighted by Crippen LogP contribution is 2.24. The van der Waals surface area contributed by atoms with Crippen molar-refractivity contribution in [2.75, 3.05) is 0 Å². The molecule has 27 heavy (non-hydrogen) atoms. The molecule has 0 aliphatic carbocycles. The largest absolute Gasteiger partial charge is 0.364 e. The maximum Gasteiger partial charge on any atom is 0.332 e. The molecule has 0 saturated carbocycles. The molecule has 2 aromatic heterocycles. The fourth-order valence-corrected chi connectivity index (χ4v) is 3.06. The number of aryl methyl sites for hydroxylation is 1. The van der Waals surface area contributed by atoms with E-state index in [2.05, 4.69) is 15.0 Å². The van der Waals surface area contributed by atoms with Gasteiger partial charge in [0.05, 0.1) is 5.69 Å². The molecule has 4 rings (SSSR count). The minimum atomic E-state index is -0.748. The highest BCUT2D eigenvalue weighted by Gasteiger charge is 2.20. The highest BCUT2D eigenvalue weighted by molar-refractivity contribution is 6.30. The fraction of sp³-hybridized carbons (Fsp3) is 0.0526. The third-order valence-electron chi connectivity index (χ3n) is 4.24. The van der Waals surface area contributed by atoms with Gasteiger partial charge in [0.15, 0.2) is 17.2 Å². The summed E-state index contributed by atoms with van der Waals surface area (Å²) in [6.07, 6.45) is 0. The monoisotopic (exact) mass is 379 g/mol. The molecule has 1 amide bonds. The molecule has 2 heterocycles. The Balaban J connectivity index is 2.08. The van der Waals surface area contributed by atoms with Gasteiger partial charge in [-0.1, -0.05) is 35.9 Å². The first-order valence-electron chi connectivity index (χ1n) is 8.10. The third kappa shape index (κ3) is 2.88. The quantitative estimate of drug-likeness (QED) is 0.570. The van der Waals surface area contributed by atoms with Gasteiger partial charge in [0.1, 0.15) is 5.52 Å². The van der Waals surface area contributed by atoms with E-state index in [9.17, 15) is 9.59 Å². The van der Waals surface area contributed by atoms with Crippen LogP contribution in [0.3, 0.4) is 0 Å². The first kappa shape index (κ1) is 17.0. The van der Waals surface area contributed by atoms with E-state index in [4.69, 9.17) is 17.3 Å². The number of halogens is 1. The van der Waals surface area contributed by atoms with E-state index < -0.39 is 11.6 Å². The molecule has 0 aliphatic heterocycles. The predicted octanol–water partition coefficient (Wildman–Crippen LogP) is 2.84. The van der Waals surface area contributed by atoms with Crippen LogP contribution in [0.15, 0.2) is 53.3 Å². The number of carbonyl (C=O) groups is 1. The molecule has 0 unspecified atom stereocenters. The van der Waals surface area contributed by atoms with Gasteiger partial charge in [0, 0.05) is 10.6 Å². The highest BCUT2D eigenvalue weighted by atomic mass is 35.5. The number of aromatic amines is 1. The van der Waals surface area contributed by atoms with E-state index in [0.717, 1.165) is 11.1 Å². The Morgan fingerprint density at radius 1 is 1.11 bits per heavy atom. The summed E-state index contributed by atoms with van der Waals surface area (Å²) in [6, 6.07) is 14.2. The SMILES string of the molecule is Cc1ccccc1-c1nc(C(N)=O)c2[nH]c(=O)n(-c3ccc(Cl)cc3)c2n1. The van der Waals surface area contributed by atoms with Crippen molar-refractivity contribution in [3.05, 3.63) is 75.3 Å². The molecule has 4 aromatic rings. The van der Waals surface area contributed by atoms with Gasteiger partial charge in [-0.05, 0) is 36.8 Å². The van der Waals surface area contributed by atoms with E-state index in [0.29, 0.717) is 16.5 Å². The van der Waals surface area contributed by atoms with Crippen molar-refractivity contribution in [3.63, 3.8) is 0 Å². The summed E-state index contributed by atoms with van der Waals surface area (Å²) < 4.78 is 1.36. The second kappa shape index (κ2) is 6.37. The smallest absolute Gasteiger partial charge is 0.332 e. The molecule has 0 bridgehead atoms. The lowest BCUT2D eigenvalue weighted by atomic mass is 10.1. The van der Waals surface area contributed by atoms with Crippen LogP contribution in [0.4, 0.5) is 0 Å². The molecule has 0 saturated heterocycles. The number of fused-ring (bicyclic) bond motifs is 1. The second-order valence-corrected chi connectivity index (χ2v) is 6.45. The van der Waals surface area contributed by atoms with Gasteiger partial charge < -0.3 is 10.7 Å². The lowest BCUT2D eigenvalue weighted by Crippen LogP contribution is -2.15. The maximum atomic E-state index is 12.6. The van der Waals surface area contributed by atoms with Crippen LogP contribution in [0, 0.1) is 6.92 Å². The number of benzene rings is 2. The molecule has 134 valence electrons. The average molecular weight is 380 g/mol. The number of nitrogens with two attached hydrogens (primary N) is 1. The van der Waals surface area contributed by atoms with Crippen LogP contribution in [-0.2, 0) is 0 Å². The fourth-order valence-electron chi connectivity index (χ4n) is 2.94. The molecule has 2 aromatic carbocycles. The third-order valence-corrected chi connectivity index (χ3v) is 4.49. The maximum absolute atomic E-state index is 12.6. The van der Waals surface area contributed by atoms with Crippen molar-refractivity contribution >= 4 is 28.7 Å². The van der Waals surface area contributed by atoms with E-state index in [-0.39, 0.29) is 16.9 Å². The van der Waals surface area contributed by atoms with Crippen molar-refractivity contribution in [1.29, 1.82) is 0 Å². The molecule has 7 nitrogen and oxygen atoms in total. The van der Waals surface area contributed by atoms with Crippen LogP contribution >= 0.6 is 11.6 Å². The predicted molar refractivity (Wildman–Crippen MR) is 103 cm³/mol. The van der Waals surface area contributed by atoms with Gasteiger partial charge in [-0.2, -0.15) is 0 Å². The van der Waals surface area contributed by atoms with Gasteiger partial charge in [0.2, 0.25) is 0 Å². The Morgan fingerprint density at radius 2 is 1.81 bits per heavy atom. The number of carbonyl (C=O) groups excluding carboxylic acids is 1. The Labute approximate surface area is 158 Å².